The minimum atomic E-state index is -3.36. The Hall–Kier alpha value is -0.210. The molecular formula is C13H29N3O3S. The Morgan fingerprint density at radius 1 is 1.35 bits per heavy atom. The van der Waals surface area contributed by atoms with E-state index in [0.717, 1.165) is 32.5 Å². The number of nitrogens with zero attached hydrogens (tertiary/aromatic N) is 2. The summed E-state index contributed by atoms with van der Waals surface area (Å²) in [5.74, 6) is 0.386. The standard InChI is InChI=1S/C13H29N3O3S/c1-5-7-12-10-16(8-9-19-4)11-13(12)14-20(17,18)15(3)6-2/h12-14H,5-11H2,1-4H3/t12-,13-/m0/s1. The van der Waals surface area contributed by atoms with Gasteiger partial charge in [-0.25, -0.2) is 0 Å². The molecule has 1 rings (SSSR count). The SMILES string of the molecule is CCC[C@H]1CN(CCOC)C[C@@H]1NS(=O)(=O)N(C)CC. The first kappa shape index (κ1) is 17.8. The molecule has 0 radical (unpaired) electrons. The summed E-state index contributed by atoms with van der Waals surface area (Å²) in [6.45, 7) is 7.72. The molecule has 2 atom stereocenters. The molecule has 0 aromatic rings. The summed E-state index contributed by atoms with van der Waals surface area (Å²) in [7, 11) is -0.0671. The van der Waals surface area contributed by atoms with Gasteiger partial charge in [0.15, 0.2) is 0 Å². The molecule has 6 nitrogen and oxygen atoms in total. The summed E-state index contributed by atoms with van der Waals surface area (Å²) in [5.41, 5.74) is 0. The van der Waals surface area contributed by atoms with Gasteiger partial charge in [-0.2, -0.15) is 17.4 Å². The Kier molecular flexibility index (Phi) is 7.39. The second-order valence-electron chi connectivity index (χ2n) is 5.44. The molecule has 0 amide bonds. The fourth-order valence-corrected chi connectivity index (χ4v) is 3.78. The molecule has 0 aliphatic carbocycles. The smallest absolute Gasteiger partial charge is 0.279 e. The van der Waals surface area contributed by atoms with Crippen molar-refractivity contribution in [2.24, 2.45) is 5.92 Å². The second kappa shape index (κ2) is 8.29. The van der Waals surface area contributed by atoms with Gasteiger partial charge in [0.2, 0.25) is 0 Å². The Morgan fingerprint density at radius 2 is 2.05 bits per heavy atom. The first-order valence-electron chi connectivity index (χ1n) is 7.39. The summed E-state index contributed by atoms with van der Waals surface area (Å²) in [4.78, 5) is 2.28. The van der Waals surface area contributed by atoms with Crippen molar-refractivity contribution in [2.45, 2.75) is 32.7 Å². The van der Waals surface area contributed by atoms with Gasteiger partial charge in [-0.3, -0.25) is 4.90 Å². The van der Waals surface area contributed by atoms with Crippen molar-refractivity contribution in [2.75, 3.05) is 46.9 Å². The average molecular weight is 307 g/mol. The first-order valence-corrected chi connectivity index (χ1v) is 8.83. The highest BCUT2D eigenvalue weighted by molar-refractivity contribution is 7.87. The molecule has 1 aliphatic heterocycles. The van der Waals surface area contributed by atoms with Crippen molar-refractivity contribution in [3.05, 3.63) is 0 Å². The molecule has 1 saturated heterocycles. The number of ether oxygens (including phenoxy) is 1. The summed E-state index contributed by atoms with van der Waals surface area (Å²) in [5, 5.41) is 0. The van der Waals surface area contributed by atoms with Gasteiger partial charge >= 0.3 is 0 Å². The highest BCUT2D eigenvalue weighted by Crippen LogP contribution is 2.22. The van der Waals surface area contributed by atoms with Crippen molar-refractivity contribution in [3.63, 3.8) is 0 Å². The number of nitrogens with one attached hydrogen (secondary N) is 1. The van der Waals surface area contributed by atoms with Crippen LogP contribution in [0.25, 0.3) is 0 Å². The maximum Gasteiger partial charge on any atom is 0.279 e. The average Bonchev–Trinajstić information content (AvgIpc) is 2.77. The van der Waals surface area contributed by atoms with Crippen molar-refractivity contribution in [1.29, 1.82) is 0 Å². The molecule has 0 aromatic heterocycles. The van der Waals surface area contributed by atoms with Gasteiger partial charge in [-0.15, -0.1) is 0 Å². The van der Waals surface area contributed by atoms with Crippen LogP contribution in [0.3, 0.4) is 0 Å². The molecular weight excluding hydrogens is 278 g/mol. The van der Waals surface area contributed by atoms with E-state index in [0.29, 0.717) is 19.1 Å². The van der Waals surface area contributed by atoms with Crippen molar-refractivity contribution in [1.82, 2.24) is 13.9 Å². The molecule has 20 heavy (non-hydrogen) atoms. The highest BCUT2D eigenvalue weighted by atomic mass is 32.2. The molecule has 0 spiro atoms. The van der Waals surface area contributed by atoms with Crippen molar-refractivity contribution in [3.8, 4) is 0 Å². The third-order valence-corrected chi connectivity index (χ3v) is 5.62. The van der Waals surface area contributed by atoms with Gasteiger partial charge in [0.1, 0.15) is 0 Å². The van der Waals surface area contributed by atoms with Crippen LogP contribution in [-0.4, -0.2) is 70.6 Å². The fraction of sp³-hybridized carbons (Fsp3) is 1.00. The van der Waals surface area contributed by atoms with E-state index < -0.39 is 10.2 Å². The summed E-state index contributed by atoms with van der Waals surface area (Å²) in [6, 6.07) is 0.00538. The quantitative estimate of drug-likeness (QED) is 0.674. The zero-order chi connectivity index (χ0) is 15.2. The molecule has 1 heterocycles. The maximum absolute atomic E-state index is 12.2. The third-order valence-electron chi connectivity index (χ3n) is 3.94. The molecule has 0 bridgehead atoms. The Bertz CT molecular complexity index is 375. The zero-order valence-electron chi connectivity index (χ0n) is 13.1. The fourth-order valence-electron chi connectivity index (χ4n) is 2.61. The summed E-state index contributed by atoms with van der Waals surface area (Å²) < 4.78 is 33.6. The van der Waals surface area contributed by atoms with E-state index in [-0.39, 0.29) is 6.04 Å². The first-order chi connectivity index (χ1) is 9.44. The number of methoxy groups -OCH3 is 1. The van der Waals surface area contributed by atoms with Gasteiger partial charge in [0, 0.05) is 46.4 Å². The van der Waals surface area contributed by atoms with Crippen LogP contribution in [-0.2, 0) is 14.9 Å². The zero-order valence-corrected chi connectivity index (χ0v) is 13.9. The lowest BCUT2D eigenvalue weighted by molar-refractivity contribution is 0.158. The van der Waals surface area contributed by atoms with Gasteiger partial charge in [0.05, 0.1) is 6.61 Å². The Labute approximate surface area is 123 Å². The van der Waals surface area contributed by atoms with Crippen LogP contribution >= 0.6 is 0 Å². The van der Waals surface area contributed by atoms with E-state index in [1.807, 2.05) is 6.92 Å². The minimum Gasteiger partial charge on any atom is -0.383 e. The lowest BCUT2D eigenvalue weighted by Gasteiger charge is -2.23. The van der Waals surface area contributed by atoms with Gasteiger partial charge in [0.25, 0.3) is 10.2 Å². The molecule has 0 saturated carbocycles. The number of hydrogen-bond acceptors (Lipinski definition) is 4. The van der Waals surface area contributed by atoms with Crippen molar-refractivity contribution < 1.29 is 13.2 Å². The molecule has 0 unspecified atom stereocenters. The number of hydrogen-bond donors (Lipinski definition) is 1. The lowest BCUT2D eigenvalue weighted by Crippen LogP contribution is -2.47. The molecule has 0 aromatic carbocycles. The van der Waals surface area contributed by atoms with Crippen LogP contribution in [0.15, 0.2) is 0 Å². The van der Waals surface area contributed by atoms with E-state index in [1.165, 1.54) is 4.31 Å². The summed E-state index contributed by atoms with van der Waals surface area (Å²) in [6.07, 6.45) is 2.12. The molecule has 7 heteroatoms. The molecule has 120 valence electrons. The van der Waals surface area contributed by atoms with Crippen LogP contribution in [0, 0.1) is 5.92 Å². The van der Waals surface area contributed by atoms with E-state index >= 15 is 0 Å². The third kappa shape index (κ3) is 4.96. The Balaban J connectivity index is 2.65. The second-order valence-corrected chi connectivity index (χ2v) is 7.25. The molecule has 1 N–H and O–H groups in total. The van der Waals surface area contributed by atoms with Gasteiger partial charge < -0.3 is 4.74 Å². The Morgan fingerprint density at radius 3 is 2.60 bits per heavy atom. The van der Waals surface area contributed by atoms with E-state index in [4.69, 9.17) is 4.74 Å². The predicted octanol–water partition coefficient (Wildman–Crippen LogP) is 0.519. The van der Waals surface area contributed by atoms with Crippen LogP contribution in [0.2, 0.25) is 0 Å². The number of likely N-dealkylation sites (tertiary alicyclic amines) is 1. The minimum absolute atomic E-state index is 0.00538. The topological polar surface area (TPSA) is 61.9 Å². The molecule has 1 aliphatic rings. The monoisotopic (exact) mass is 307 g/mol. The van der Waals surface area contributed by atoms with E-state index in [1.54, 1.807) is 14.2 Å². The normalized spacial score (nSPS) is 24.6. The van der Waals surface area contributed by atoms with Crippen molar-refractivity contribution >= 4 is 10.2 Å². The van der Waals surface area contributed by atoms with E-state index in [9.17, 15) is 8.42 Å². The highest BCUT2D eigenvalue weighted by Gasteiger charge is 2.35. The van der Waals surface area contributed by atoms with Gasteiger partial charge in [-0.1, -0.05) is 20.3 Å². The van der Waals surface area contributed by atoms with E-state index in [2.05, 4.69) is 16.5 Å². The van der Waals surface area contributed by atoms with Crippen LogP contribution in [0.1, 0.15) is 26.7 Å². The van der Waals surface area contributed by atoms with Crippen LogP contribution in [0.5, 0.6) is 0 Å². The van der Waals surface area contributed by atoms with Crippen LogP contribution in [0.4, 0.5) is 0 Å². The lowest BCUT2D eigenvalue weighted by atomic mass is 9.99. The van der Waals surface area contributed by atoms with Crippen LogP contribution < -0.4 is 4.72 Å². The predicted molar refractivity (Wildman–Crippen MR) is 80.9 cm³/mol. The van der Waals surface area contributed by atoms with Gasteiger partial charge in [-0.05, 0) is 12.3 Å². The summed E-state index contributed by atoms with van der Waals surface area (Å²) >= 11 is 0. The number of rotatable bonds is 9. The largest absolute Gasteiger partial charge is 0.383 e. The maximum atomic E-state index is 12.2. The molecule has 1 fully saturated rings.